The topological polar surface area (TPSA) is 37.8 Å². The predicted molar refractivity (Wildman–Crippen MR) is 82.0 cm³/mol. The number of nitrogens with zero attached hydrogens (tertiary/aromatic N) is 2. The first kappa shape index (κ1) is 13.6. The Labute approximate surface area is 116 Å². The molecule has 0 radical (unpaired) electrons. The lowest BCUT2D eigenvalue weighted by Gasteiger charge is -2.05. The molecule has 2 aromatic heterocycles. The Morgan fingerprint density at radius 3 is 2.78 bits per heavy atom. The van der Waals surface area contributed by atoms with Gasteiger partial charge in [-0.15, -0.1) is 23.1 Å². The molecular weight excluding hydrogens is 262 g/mol. The SMILES string of the molecule is CCCSc1nc(NCC)nc2sc(CC)cc12. The highest BCUT2D eigenvalue weighted by Crippen LogP contribution is 2.32. The molecule has 0 aromatic carbocycles. The van der Waals surface area contributed by atoms with Crippen LogP contribution in [0.2, 0.25) is 0 Å². The van der Waals surface area contributed by atoms with E-state index in [4.69, 9.17) is 0 Å². The van der Waals surface area contributed by atoms with Gasteiger partial charge in [0.05, 0.1) is 0 Å². The number of hydrogen-bond acceptors (Lipinski definition) is 5. The first-order valence-electron chi connectivity index (χ1n) is 6.45. The van der Waals surface area contributed by atoms with Crippen LogP contribution in [-0.4, -0.2) is 22.3 Å². The van der Waals surface area contributed by atoms with Crippen LogP contribution in [0, 0.1) is 0 Å². The molecule has 0 unspecified atom stereocenters. The maximum Gasteiger partial charge on any atom is 0.225 e. The summed E-state index contributed by atoms with van der Waals surface area (Å²) < 4.78 is 0. The van der Waals surface area contributed by atoms with Crippen molar-refractivity contribution in [1.29, 1.82) is 0 Å². The fourth-order valence-corrected chi connectivity index (χ4v) is 3.56. The van der Waals surface area contributed by atoms with Gasteiger partial charge in [-0.25, -0.2) is 9.97 Å². The third-order valence-electron chi connectivity index (χ3n) is 2.54. The zero-order chi connectivity index (χ0) is 13.0. The maximum absolute atomic E-state index is 4.62. The second-order valence-electron chi connectivity index (χ2n) is 4.02. The third-order valence-corrected chi connectivity index (χ3v) is 4.91. The molecule has 2 rings (SSSR count). The largest absolute Gasteiger partial charge is 0.354 e. The van der Waals surface area contributed by atoms with Gasteiger partial charge >= 0.3 is 0 Å². The Hall–Kier alpha value is -0.810. The zero-order valence-corrected chi connectivity index (χ0v) is 12.7. The average molecular weight is 281 g/mol. The fourth-order valence-electron chi connectivity index (χ4n) is 1.67. The van der Waals surface area contributed by atoms with Crippen LogP contribution in [0.25, 0.3) is 10.2 Å². The number of aromatic nitrogens is 2. The molecule has 0 aliphatic carbocycles. The summed E-state index contributed by atoms with van der Waals surface area (Å²) in [5.74, 6) is 1.86. The van der Waals surface area contributed by atoms with E-state index < -0.39 is 0 Å². The van der Waals surface area contributed by atoms with E-state index in [1.54, 1.807) is 11.3 Å². The Morgan fingerprint density at radius 2 is 2.11 bits per heavy atom. The lowest BCUT2D eigenvalue weighted by Crippen LogP contribution is -2.02. The van der Waals surface area contributed by atoms with Crippen molar-refractivity contribution in [1.82, 2.24) is 9.97 Å². The van der Waals surface area contributed by atoms with Gasteiger partial charge in [0.2, 0.25) is 5.95 Å². The second kappa shape index (κ2) is 6.38. The number of thiophene rings is 1. The van der Waals surface area contributed by atoms with Crippen LogP contribution in [0.3, 0.4) is 0 Å². The van der Waals surface area contributed by atoms with Crippen LogP contribution in [0.1, 0.15) is 32.1 Å². The average Bonchev–Trinajstić information content (AvgIpc) is 2.79. The number of fused-ring (bicyclic) bond motifs is 1. The van der Waals surface area contributed by atoms with E-state index in [1.165, 1.54) is 10.3 Å². The minimum Gasteiger partial charge on any atom is -0.354 e. The molecule has 1 N–H and O–H groups in total. The number of thioether (sulfide) groups is 1. The molecule has 2 aromatic rings. The van der Waals surface area contributed by atoms with E-state index in [9.17, 15) is 0 Å². The molecule has 0 aliphatic heterocycles. The summed E-state index contributed by atoms with van der Waals surface area (Å²) >= 11 is 3.61. The molecule has 5 heteroatoms. The van der Waals surface area contributed by atoms with Gasteiger partial charge in [0.15, 0.2) is 0 Å². The van der Waals surface area contributed by atoms with Gasteiger partial charge in [0, 0.05) is 16.8 Å². The smallest absolute Gasteiger partial charge is 0.225 e. The zero-order valence-electron chi connectivity index (χ0n) is 11.1. The molecular formula is C13H19N3S2. The van der Waals surface area contributed by atoms with Crippen molar-refractivity contribution in [2.75, 3.05) is 17.6 Å². The van der Waals surface area contributed by atoms with Gasteiger partial charge in [-0.2, -0.15) is 0 Å². The molecule has 0 saturated carbocycles. The van der Waals surface area contributed by atoms with Crippen LogP contribution in [0.5, 0.6) is 0 Å². The molecule has 0 spiro atoms. The summed E-state index contributed by atoms with van der Waals surface area (Å²) in [7, 11) is 0. The minimum absolute atomic E-state index is 0.758. The first-order chi connectivity index (χ1) is 8.78. The number of anilines is 1. The Balaban J connectivity index is 2.44. The van der Waals surface area contributed by atoms with Gasteiger partial charge in [-0.3, -0.25) is 0 Å². The summed E-state index contributed by atoms with van der Waals surface area (Å²) in [6, 6.07) is 2.24. The standard InChI is InChI=1S/C13H19N3S2/c1-4-7-17-11-10-8-9(5-2)18-12(10)16-13(15-11)14-6-3/h8H,4-7H2,1-3H3,(H,14,15,16). The monoisotopic (exact) mass is 281 g/mol. The van der Waals surface area contributed by atoms with E-state index in [0.717, 1.165) is 40.9 Å². The van der Waals surface area contributed by atoms with E-state index in [2.05, 4.69) is 42.1 Å². The van der Waals surface area contributed by atoms with Gasteiger partial charge in [-0.1, -0.05) is 13.8 Å². The molecule has 3 nitrogen and oxygen atoms in total. The lowest BCUT2D eigenvalue weighted by atomic mass is 10.3. The number of aryl methyl sites for hydroxylation is 1. The molecule has 98 valence electrons. The minimum atomic E-state index is 0.758. The van der Waals surface area contributed by atoms with Crippen LogP contribution in [0.4, 0.5) is 5.95 Å². The van der Waals surface area contributed by atoms with Crippen molar-refractivity contribution in [2.24, 2.45) is 0 Å². The molecule has 0 bridgehead atoms. The highest BCUT2D eigenvalue weighted by Gasteiger charge is 2.11. The van der Waals surface area contributed by atoms with Crippen molar-refractivity contribution in [3.05, 3.63) is 10.9 Å². The van der Waals surface area contributed by atoms with Gasteiger partial charge in [0.25, 0.3) is 0 Å². The highest BCUT2D eigenvalue weighted by atomic mass is 32.2. The summed E-state index contributed by atoms with van der Waals surface area (Å²) in [5, 5.41) is 5.55. The molecule has 18 heavy (non-hydrogen) atoms. The highest BCUT2D eigenvalue weighted by molar-refractivity contribution is 7.99. The summed E-state index contributed by atoms with van der Waals surface area (Å²) in [5.41, 5.74) is 0. The molecule has 0 fully saturated rings. The van der Waals surface area contributed by atoms with Gasteiger partial charge < -0.3 is 5.32 Å². The van der Waals surface area contributed by atoms with Crippen LogP contribution in [-0.2, 0) is 6.42 Å². The van der Waals surface area contributed by atoms with Crippen LogP contribution < -0.4 is 5.32 Å². The summed E-state index contributed by atoms with van der Waals surface area (Å²) in [4.78, 5) is 11.7. The van der Waals surface area contributed by atoms with Crippen LogP contribution >= 0.6 is 23.1 Å². The Bertz CT molecular complexity index is 522. The van der Waals surface area contributed by atoms with Gasteiger partial charge in [0.1, 0.15) is 9.86 Å². The third kappa shape index (κ3) is 2.95. The normalized spacial score (nSPS) is 11.1. The Morgan fingerprint density at radius 1 is 1.28 bits per heavy atom. The molecule has 0 atom stereocenters. The van der Waals surface area contributed by atoms with E-state index in [1.807, 2.05) is 11.8 Å². The van der Waals surface area contributed by atoms with E-state index in [0.29, 0.717) is 0 Å². The predicted octanol–water partition coefficient (Wildman–Crippen LogP) is 4.19. The van der Waals surface area contributed by atoms with Crippen molar-refractivity contribution in [2.45, 2.75) is 38.6 Å². The van der Waals surface area contributed by atoms with E-state index in [-0.39, 0.29) is 0 Å². The quantitative estimate of drug-likeness (QED) is 0.636. The van der Waals surface area contributed by atoms with Crippen LogP contribution in [0.15, 0.2) is 11.1 Å². The van der Waals surface area contributed by atoms with Crippen molar-refractivity contribution in [3.8, 4) is 0 Å². The number of rotatable bonds is 6. The molecule has 0 saturated heterocycles. The van der Waals surface area contributed by atoms with E-state index >= 15 is 0 Å². The first-order valence-corrected chi connectivity index (χ1v) is 8.25. The summed E-state index contributed by atoms with van der Waals surface area (Å²) in [6.07, 6.45) is 2.23. The van der Waals surface area contributed by atoms with Gasteiger partial charge in [-0.05, 0) is 31.6 Å². The van der Waals surface area contributed by atoms with Crippen molar-refractivity contribution >= 4 is 39.3 Å². The molecule has 0 amide bonds. The number of hydrogen-bond donors (Lipinski definition) is 1. The fraction of sp³-hybridized carbons (Fsp3) is 0.538. The lowest BCUT2D eigenvalue weighted by molar-refractivity contribution is 1.05. The second-order valence-corrected chi connectivity index (χ2v) is 6.22. The molecule has 2 heterocycles. The number of nitrogens with one attached hydrogen (secondary N) is 1. The van der Waals surface area contributed by atoms with Crippen molar-refractivity contribution in [3.63, 3.8) is 0 Å². The molecule has 0 aliphatic rings. The van der Waals surface area contributed by atoms with Crippen molar-refractivity contribution < 1.29 is 0 Å². The summed E-state index contributed by atoms with van der Waals surface area (Å²) in [6.45, 7) is 7.30. The Kier molecular flexibility index (Phi) is 4.83. The maximum atomic E-state index is 4.62.